The van der Waals surface area contributed by atoms with E-state index in [9.17, 15) is 19.1 Å². The molecule has 3 rings (SSSR count). The van der Waals surface area contributed by atoms with Crippen molar-refractivity contribution >= 4 is 11.2 Å². The molecule has 0 saturated heterocycles. The molecule has 1 unspecified atom stereocenters. The van der Waals surface area contributed by atoms with Crippen LogP contribution in [0.1, 0.15) is 25.0 Å². The van der Waals surface area contributed by atoms with Crippen molar-refractivity contribution in [2.45, 2.75) is 32.5 Å². The standard InChI is InChI=1S/C17H19FN4O3/c1-3-8-21-10-19-15-14(21)16(24)22(17(25)20(15)2)9-13(23)11-6-4-5-7-12(11)18/h4-7,10,13,23H,3,8-9H2,1-2H3. The summed E-state index contributed by atoms with van der Waals surface area (Å²) in [5, 5.41) is 10.3. The molecule has 8 heteroatoms. The van der Waals surface area contributed by atoms with E-state index in [0.717, 1.165) is 11.0 Å². The molecule has 25 heavy (non-hydrogen) atoms. The molecule has 3 aromatic rings. The number of aliphatic hydroxyl groups is 1. The zero-order valence-electron chi connectivity index (χ0n) is 14.0. The van der Waals surface area contributed by atoms with Crippen LogP contribution in [0.5, 0.6) is 0 Å². The zero-order chi connectivity index (χ0) is 18.1. The van der Waals surface area contributed by atoms with Gasteiger partial charge >= 0.3 is 5.69 Å². The van der Waals surface area contributed by atoms with Gasteiger partial charge in [0.25, 0.3) is 5.56 Å². The molecule has 1 N–H and O–H groups in total. The molecular formula is C17H19FN4O3. The number of aliphatic hydroxyl groups excluding tert-OH is 1. The van der Waals surface area contributed by atoms with Crippen LogP contribution in [-0.4, -0.2) is 23.8 Å². The topological polar surface area (TPSA) is 82.1 Å². The molecule has 0 aliphatic carbocycles. The van der Waals surface area contributed by atoms with Gasteiger partial charge in [-0.2, -0.15) is 0 Å². The van der Waals surface area contributed by atoms with Crippen LogP contribution >= 0.6 is 0 Å². The van der Waals surface area contributed by atoms with E-state index in [4.69, 9.17) is 0 Å². The molecule has 0 fully saturated rings. The van der Waals surface area contributed by atoms with E-state index in [1.54, 1.807) is 10.6 Å². The lowest BCUT2D eigenvalue weighted by Gasteiger charge is -2.14. The van der Waals surface area contributed by atoms with Gasteiger partial charge in [0.05, 0.1) is 19.0 Å². The number of rotatable bonds is 5. The van der Waals surface area contributed by atoms with E-state index in [-0.39, 0.29) is 12.1 Å². The van der Waals surface area contributed by atoms with E-state index >= 15 is 0 Å². The maximum atomic E-state index is 13.8. The van der Waals surface area contributed by atoms with Gasteiger partial charge in [-0.25, -0.2) is 14.2 Å². The number of nitrogens with zero attached hydrogens (tertiary/aromatic N) is 4. The van der Waals surface area contributed by atoms with Gasteiger partial charge < -0.3 is 9.67 Å². The summed E-state index contributed by atoms with van der Waals surface area (Å²) < 4.78 is 17.7. The third-order valence-electron chi connectivity index (χ3n) is 4.19. The number of hydrogen-bond donors (Lipinski definition) is 1. The van der Waals surface area contributed by atoms with Gasteiger partial charge in [-0.3, -0.25) is 13.9 Å². The monoisotopic (exact) mass is 346 g/mol. The molecular weight excluding hydrogens is 327 g/mol. The molecule has 2 heterocycles. The quantitative estimate of drug-likeness (QED) is 0.752. The van der Waals surface area contributed by atoms with E-state index in [2.05, 4.69) is 4.98 Å². The molecule has 132 valence electrons. The normalized spacial score (nSPS) is 12.6. The lowest BCUT2D eigenvalue weighted by molar-refractivity contribution is 0.148. The maximum Gasteiger partial charge on any atom is 0.332 e. The van der Waals surface area contributed by atoms with Gasteiger partial charge in [0.15, 0.2) is 11.2 Å². The van der Waals surface area contributed by atoms with Crippen LogP contribution < -0.4 is 11.2 Å². The molecule has 0 aliphatic rings. The van der Waals surface area contributed by atoms with Crippen molar-refractivity contribution in [3.05, 3.63) is 62.8 Å². The van der Waals surface area contributed by atoms with E-state index in [0.29, 0.717) is 17.7 Å². The number of benzene rings is 1. The van der Waals surface area contributed by atoms with Gasteiger partial charge in [0.1, 0.15) is 5.82 Å². The van der Waals surface area contributed by atoms with Gasteiger partial charge in [0, 0.05) is 19.2 Å². The largest absolute Gasteiger partial charge is 0.386 e. The molecule has 1 aromatic carbocycles. The van der Waals surface area contributed by atoms with Crippen LogP contribution in [0.15, 0.2) is 40.2 Å². The Balaban J connectivity index is 2.13. The second-order valence-electron chi connectivity index (χ2n) is 5.90. The number of imidazole rings is 1. The van der Waals surface area contributed by atoms with Crippen molar-refractivity contribution in [3.8, 4) is 0 Å². The molecule has 0 radical (unpaired) electrons. The first-order chi connectivity index (χ1) is 12.0. The summed E-state index contributed by atoms with van der Waals surface area (Å²) in [6.07, 6.45) is 1.00. The summed E-state index contributed by atoms with van der Waals surface area (Å²) in [7, 11) is 1.51. The fraction of sp³-hybridized carbons (Fsp3) is 0.353. The molecule has 0 bridgehead atoms. The van der Waals surface area contributed by atoms with Crippen LogP contribution in [0.2, 0.25) is 0 Å². The highest BCUT2D eigenvalue weighted by molar-refractivity contribution is 5.69. The summed E-state index contributed by atoms with van der Waals surface area (Å²) in [5.74, 6) is -0.586. The first kappa shape index (κ1) is 17.1. The first-order valence-electron chi connectivity index (χ1n) is 8.02. The van der Waals surface area contributed by atoms with Crippen LogP contribution in [-0.2, 0) is 20.1 Å². The van der Waals surface area contributed by atoms with E-state index in [1.165, 1.54) is 36.1 Å². The number of hydrogen-bond acceptors (Lipinski definition) is 4. The first-order valence-corrected chi connectivity index (χ1v) is 8.02. The highest BCUT2D eigenvalue weighted by Crippen LogP contribution is 2.17. The van der Waals surface area contributed by atoms with Crippen LogP contribution in [0, 0.1) is 5.82 Å². The Morgan fingerprint density at radius 3 is 2.68 bits per heavy atom. The molecule has 0 saturated carbocycles. The summed E-state index contributed by atoms with van der Waals surface area (Å²) in [6.45, 7) is 2.22. The smallest absolute Gasteiger partial charge is 0.332 e. The van der Waals surface area contributed by atoms with Crippen LogP contribution in [0.3, 0.4) is 0 Å². The van der Waals surface area contributed by atoms with E-state index < -0.39 is 23.2 Å². The Morgan fingerprint density at radius 1 is 1.28 bits per heavy atom. The van der Waals surface area contributed by atoms with Gasteiger partial charge in [-0.1, -0.05) is 25.1 Å². The average molecular weight is 346 g/mol. The Bertz CT molecular complexity index is 1030. The maximum absolute atomic E-state index is 13.8. The molecule has 0 amide bonds. The Morgan fingerprint density at radius 2 is 2.00 bits per heavy atom. The highest BCUT2D eigenvalue weighted by atomic mass is 19.1. The minimum atomic E-state index is -1.31. The van der Waals surface area contributed by atoms with Crippen LogP contribution in [0.25, 0.3) is 11.2 Å². The Hall–Kier alpha value is -2.74. The number of halogens is 1. The van der Waals surface area contributed by atoms with Crippen molar-refractivity contribution in [1.29, 1.82) is 0 Å². The van der Waals surface area contributed by atoms with Crippen LogP contribution in [0.4, 0.5) is 4.39 Å². The SMILES string of the molecule is CCCn1cnc2c1c(=O)n(CC(O)c1ccccc1F)c(=O)n2C. The average Bonchev–Trinajstić information content (AvgIpc) is 3.01. The summed E-state index contributed by atoms with van der Waals surface area (Å²) >= 11 is 0. The fourth-order valence-electron chi connectivity index (χ4n) is 2.91. The van der Waals surface area contributed by atoms with Crippen molar-refractivity contribution in [3.63, 3.8) is 0 Å². The molecule has 0 aliphatic heterocycles. The van der Waals surface area contributed by atoms with Gasteiger partial charge in [0.2, 0.25) is 0 Å². The minimum Gasteiger partial charge on any atom is -0.386 e. The van der Waals surface area contributed by atoms with Crippen molar-refractivity contribution in [2.24, 2.45) is 7.05 Å². The summed E-state index contributed by atoms with van der Waals surface area (Å²) in [5.41, 5.74) is -0.516. The predicted octanol–water partition coefficient (Wildman–Crippen LogP) is 1.18. The Kier molecular flexibility index (Phi) is 4.54. The van der Waals surface area contributed by atoms with Crippen molar-refractivity contribution in [2.75, 3.05) is 0 Å². The second-order valence-corrected chi connectivity index (χ2v) is 5.90. The number of aryl methyl sites for hydroxylation is 2. The third-order valence-corrected chi connectivity index (χ3v) is 4.19. The van der Waals surface area contributed by atoms with Gasteiger partial charge in [-0.15, -0.1) is 0 Å². The second kappa shape index (κ2) is 6.64. The molecule has 0 spiro atoms. The van der Waals surface area contributed by atoms with Gasteiger partial charge in [-0.05, 0) is 12.5 Å². The fourth-order valence-corrected chi connectivity index (χ4v) is 2.91. The third kappa shape index (κ3) is 2.89. The lowest BCUT2D eigenvalue weighted by atomic mass is 10.1. The number of aromatic nitrogens is 4. The number of fused-ring (bicyclic) bond motifs is 1. The Labute approximate surface area is 142 Å². The lowest BCUT2D eigenvalue weighted by Crippen LogP contribution is -2.41. The van der Waals surface area contributed by atoms with Crippen molar-refractivity contribution < 1.29 is 9.50 Å². The molecule has 1 atom stereocenters. The molecule has 2 aromatic heterocycles. The van der Waals surface area contributed by atoms with Crippen molar-refractivity contribution in [1.82, 2.24) is 18.7 Å². The van der Waals surface area contributed by atoms with E-state index in [1.807, 2.05) is 6.92 Å². The zero-order valence-corrected chi connectivity index (χ0v) is 14.0. The minimum absolute atomic E-state index is 0.0404. The summed E-state index contributed by atoms with van der Waals surface area (Å²) in [4.78, 5) is 29.4. The predicted molar refractivity (Wildman–Crippen MR) is 90.9 cm³/mol. The molecule has 7 nitrogen and oxygen atoms in total. The summed E-state index contributed by atoms with van der Waals surface area (Å²) in [6, 6.07) is 5.74. The highest BCUT2D eigenvalue weighted by Gasteiger charge is 2.20.